The van der Waals surface area contributed by atoms with E-state index < -0.39 is 10.0 Å². The molecule has 0 spiro atoms. The third-order valence-corrected chi connectivity index (χ3v) is 8.47. The maximum atomic E-state index is 13.3. The van der Waals surface area contributed by atoms with Gasteiger partial charge in [-0.05, 0) is 78.9 Å². The number of sulfonamides is 1. The summed E-state index contributed by atoms with van der Waals surface area (Å²) in [7, 11) is -3.67. The smallest absolute Gasteiger partial charge is 0.264 e. The molecule has 6 nitrogen and oxygen atoms in total. The highest BCUT2D eigenvalue weighted by Crippen LogP contribution is 2.34. The van der Waals surface area contributed by atoms with Gasteiger partial charge >= 0.3 is 0 Å². The van der Waals surface area contributed by atoms with E-state index in [4.69, 9.17) is 4.74 Å². The van der Waals surface area contributed by atoms with Crippen LogP contribution in [0, 0.1) is 6.92 Å². The van der Waals surface area contributed by atoms with Crippen LogP contribution in [-0.4, -0.2) is 34.0 Å². The van der Waals surface area contributed by atoms with Crippen LogP contribution in [0.5, 0.6) is 5.75 Å². The van der Waals surface area contributed by atoms with Crippen molar-refractivity contribution in [3.8, 4) is 5.75 Å². The van der Waals surface area contributed by atoms with Crippen LogP contribution in [0.3, 0.4) is 0 Å². The first-order valence-corrected chi connectivity index (χ1v) is 13.0. The Morgan fingerprint density at radius 2 is 1.76 bits per heavy atom. The summed E-state index contributed by atoms with van der Waals surface area (Å²) in [5.74, 6) is 0.375. The maximum absolute atomic E-state index is 13.3. The minimum absolute atomic E-state index is 0.109. The van der Waals surface area contributed by atoms with Crippen LogP contribution >= 0.6 is 15.9 Å². The number of carbonyl (C=O) groups is 1. The summed E-state index contributed by atoms with van der Waals surface area (Å²) in [5.41, 5.74) is 4.48. The summed E-state index contributed by atoms with van der Waals surface area (Å²) >= 11 is 3.47. The summed E-state index contributed by atoms with van der Waals surface area (Å²) in [4.78, 5) is 14.7. The first-order chi connectivity index (χ1) is 15.8. The third-order valence-electron chi connectivity index (χ3n) is 6.17. The predicted molar refractivity (Wildman–Crippen MR) is 132 cm³/mol. The molecule has 3 aromatic carbocycles. The Bertz CT molecular complexity index is 1360. The molecule has 0 bridgehead atoms. The van der Waals surface area contributed by atoms with Crippen LogP contribution in [0.15, 0.2) is 70.0 Å². The van der Waals surface area contributed by atoms with E-state index in [9.17, 15) is 13.2 Å². The van der Waals surface area contributed by atoms with E-state index in [1.807, 2.05) is 42.5 Å². The second-order valence-corrected chi connectivity index (χ2v) is 11.0. The Kier molecular flexibility index (Phi) is 5.66. The van der Waals surface area contributed by atoms with Crippen molar-refractivity contribution in [3.05, 3.63) is 81.8 Å². The molecule has 5 rings (SSSR count). The highest BCUT2D eigenvalue weighted by atomic mass is 79.9. The number of hydrogen-bond acceptors (Lipinski definition) is 4. The Morgan fingerprint density at radius 1 is 0.970 bits per heavy atom. The zero-order chi connectivity index (χ0) is 23.2. The molecule has 0 N–H and O–H groups in total. The number of halogens is 1. The third kappa shape index (κ3) is 4.02. The largest absolute Gasteiger partial charge is 0.483 e. The molecule has 2 aliphatic heterocycles. The van der Waals surface area contributed by atoms with Crippen LogP contribution < -0.4 is 13.9 Å². The number of para-hydroxylation sites is 1. The molecule has 170 valence electrons. The molecule has 0 saturated heterocycles. The molecule has 33 heavy (non-hydrogen) atoms. The van der Waals surface area contributed by atoms with Crippen molar-refractivity contribution in [2.45, 2.75) is 24.7 Å². The molecule has 0 aliphatic carbocycles. The van der Waals surface area contributed by atoms with Crippen molar-refractivity contribution in [3.63, 3.8) is 0 Å². The van der Waals surface area contributed by atoms with E-state index in [2.05, 4.69) is 15.9 Å². The van der Waals surface area contributed by atoms with E-state index in [-0.39, 0.29) is 17.4 Å². The zero-order valence-electron chi connectivity index (χ0n) is 18.1. The average molecular weight is 527 g/mol. The highest BCUT2D eigenvalue weighted by molar-refractivity contribution is 9.10. The molecule has 2 aliphatic rings. The number of amides is 1. The fourth-order valence-corrected chi connectivity index (χ4v) is 6.47. The second-order valence-electron chi connectivity index (χ2n) is 8.24. The lowest BCUT2D eigenvalue weighted by molar-refractivity contribution is -0.120. The molecule has 0 aromatic heterocycles. The summed E-state index contributed by atoms with van der Waals surface area (Å²) < 4.78 is 34.8. The van der Waals surface area contributed by atoms with Crippen LogP contribution in [0.1, 0.15) is 16.7 Å². The lowest BCUT2D eigenvalue weighted by Crippen LogP contribution is -2.33. The number of rotatable bonds is 5. The van der Waals surface area contributed by atoms with Gasteiger partial charge in [-0.1, -0.05) is 34.1 Å². The molecular weight excluding hydrogens is 504 g/mol. The lowest BCUT2D eigenvalue weighted by atomic mass is 10.2. The fraction of sp³-hybridized carbons (Fsp3) is 0.240. The Labute approximate surface area is 202 Å². The molecule has 2 heterocycles. The Morgan fingerprint density at radius 3 is 2.58 bits per heavy atom. The second kappa shape index (κ2) is 8.50. The van der Waals surface area contributed by atoms with E-state index >= 15 is 0 Å². The number of carbonyl (C=O) groups excluding carboxylic acids is 1. The molecule has 0 saturated carbocycles. The number of aryl methyl sites for hydroxylation is 1. The minimum Gasteiger partial charge on any atom is -0.483 e. The highest BCUT2D eigenvalue weighted by Gasteiger charge is 2.31. The average Bonchev–Trinajstić information content (AvgIpc) is 3.42. The molecule has 3 aromatic rings. The topological polar surface area (TPSA) is 66.9 Å². The van der Waals surface area contributed by atoms with Crippen molar-refractivity contribution in [1.29, 1.82) is 0 Å². The summed E-state index contributed by atoms with van der Waals surface area (Å²) in [5, 5.41) is 0. The summed E-state index contributed by atoms with van der Waals surface area (Å²) in [6, 6.07) is 18.3. The fourth-order valence-electron chi connectivity index (χ4n) is 4.48. The zero-order valence-corrected chi connectivity index (χ0v) is 20.5. The SMILES string of the molecule is Cc1cc(S(=O)(=O)N2CCc3ccccc32)ccc1OCC(=O)N1CCc2cc(Br)ccc21. The van der Waals surface area contributed by atoms with Crippen LogP contribution in [-0.2, 0) is 27.7 Å². The van der Waals surface area contributed by atoms with Crippen molar-refractivity contribution >= 4 is 43.2 Å². The summed E-state index contributed by atoms with van der Waals surface area (Å²) in [6.45, 7) is 2.74. The van der Waals surface area contributed by atoms with E-state index in [1.54, 1.807) is 30.0 Å². The van der Waals surface area contributed by atoms with Gasteiger partial charge < -0.3 is 9.64 Å². The van der Waals surface area contributed by atoms with Crippen molar-refractivity contribution in [2.75, 3.05) is 28.9 Å². The number of anilines is 2. The van der Waals surface area contributed by atoms with Crippen molar-refractivity contribution < 1.29 is 17.9 Å². The molecule has 0 radical (unpaired) electrons. The van der Waals surface area contributed by atoms with E-state index in [1.165, 1.54) is 4.31 Å². The molecule has 0 unspecified atom stereocenters. The van der Waals surface area contributed by atoms with Gasteiger partial charge in [-0.25, -0.2) is 8.42 Å². The molecular formula is C25H23BrN2O4S. The van der Waals surface area contributed by atoms with Crippen molar-refractivity contribution in [2.24, 2.45) is 0 Å². The standard InChI is InChI=1S/C25H23BrN2O4S/c1-17-14-21(33(30,31)28-13-11-18-4-2-3-5-23(18)28)7-9-24(17)32-16-25(29)27-12-10-19-15-20(26)6-8-22(19)27/h2-9,14-15H,10-13,16H2,1H3. The first-order valence-electron chi connectivity index (χ1n) is 10.8. The van der Waals surface area contributed by atoms with Crippen molar-refractivity contribution in [1.82, 2.24) is 0 Å². The monoisotopic (exact) mass is 526 g/mol. The van der Waals surface area contributed by atoms with Gasteiger partial charge in [0.25, 0.3) is 15.9 Å². The number of benzene rings is 3. The van der Waals surface area contributed by atoms with Gasteiger partial charge in [0, 0.05) is 23.2 Å². The van der Waals surface area contributed by atoms with Crippen LogP contribution in [0.25, 0.3) is 0 Å². The van der Waals surface area contributed by atoms with Gasteiger partial charge in [-0.2, -0.15) is 0 Å². The number of fused-ring (bicyclic) bond motifs is 2. The number of nitrogens with zero attached hydrogens (tertiary/aromatic N) is 2. The predicted octanol–water partition coefficient (Wildman–Crippen LogP) is 4.48. The summed E-state index contributed by atoms with van der Waals surface area (Å²) in [6.07, 6.45) is 1.51. The molecule has 8 heteroatoms. The van der Waals surface area contributed by atoms with Gasteiger partial charge in [-0.15, -0.1) is 0 Å². The molecule has 0 atom stereocenters. The minimum atomic E-state index is -3.67. The lowest BCUT2D eigenvalue weighted by Gasteiger charge is -2.21. The van der Waals surface area contributed by atoms with Gasteiger partial charge in [-0.3, -0.25) is 9.10 Å². The molecule has 0 fully saturated rings. The normalized spacial score (nSPS) is 14.8. The van der Waals surface area contributed by atoms with Crippen LogP contribution in [0.2, 0.25) is 0 Å². The number of ether oxygens (including phenoxy) is 1. The van der Waals surface area contributed by atoms with E-state index in [0.717, 1.165) is 33.4 Å². The number of hydrogen-bond donors (Lipinski definition) is 0. The van der Waals surface area contributed by atoms with Gasteiger partial charge in [0.15, 0.2) is 6.61 Å². The van der Waals surface area contributed by atoms with Gasteiger partial charge in [0.2, 0.25) is 0 Å². The van der Waals surface area contributed by atoms with Gasteiger partial charge in [0.1, 0.15) is 5.75 Å². The first kappa shape index (κ1) is 22.0. The Balaban J connectivity index is 1.30. The van der Waals surface area contributed by atoms with Crippen LogP contribution in [0.4, 0.5) is 11.4 Å². The van der Waals surface area contributed by atoms with Gasteiger partial charge in [0.05, 0.1) is 10.6 Å². The maximum Gasteiger partial charge on any atom is 0.264 e. The quantitative estimate of drug-likeness (QED) is 0.491. The Hall–Kier alpha value is -2.84. The van der Waals surface area contributed by atoms with E-state index in [0.29, 0.717) is 30.8 Å². The molecule has 1 amide bonds.